The van der Waals surface area contributed by atoms with Gasteiger partial charge in [-0.05, 0) is 48.9 Å². The van der Waals surface area contributed by atoms with Crippen LogP contribution in [0.5, 0.6) is 0 Å². The molecule has 1 aliphatic heterocycles. The first-order valence-electron chi connectivity index (χ1n) is 8.20. The average molecular weight is 429 g/mol. The summed E-state index contributed by atoms with van der Waals surface area (Å²) in [5, 5.41) is 13.0. The number of hydrogen-bond acceptors (Lipinski definition) is 4. The Hall–Kier alpha value is -2.93. The fraction of sp³-hybridized carbons (Fsp3) is 0.150. The maximum absolute atomic E-state index is 12.7. The summed E-state index contributed by atoms with van der Waals surface area (Å²) in [4.78, 5) is 37.4. The summed E-state index contributed by atoms with van der Waals surface area (Å²) >= 11 is 3.37. The van der Waals surface area contributed by atoms with Crippen LogP contribution in [-0.4, -0.2) is 22.7 Å². The molecule has 2 amide bonds. The van der Waals surface area contributed by atoms with E-state index >= 15 is 0 Å². The SMILES string of the molecule is CC(=O)Nc1ccc(N2C(=O)C(O)=C(C(C)=O)[C@@H]2c2ccc(Br)cc2)cc1. The lowest BCUT2D eigenvalue weighted by molar-refractivity contribution is -0.117. The highest BCUT2D eigenvalue weighted by molar-refractivity contribution is 9.10. The molecule has 1 aliphatic rings. The summed E-state index contributed by atoms with van der Waals surface area (Å²) in [6.07, 6.45) is 0. The van der Waals surface area contributed by atoms with Crippen molar-refractivity contribution in [3.05, 3.63) is 69.9 Å². The average Bonchev–Trinajstić information content (AvgIpc) is 2.87. The number of aliphatic hydroxyl groups is 1. The van der Waals surface area contributed by atoms with Crippen molar-refractivity contribution in [1.29, 1.82) is 0 Å². The molecule has 0 saturated carbocycles. The minimum absolute atomic E-state index is 0.0632. The van der Waals surface area contributed by atoms with Crippen LogP contribution in [0.3, 0.4) is 0 Å². The van der Waals surface area contributed by atoms with Crippen molar-refractivity contribution >= 4 is 44.9 Å². The zero-order valence-electron chi connectivity index (χ0n) is 14.7. The fourth-order valence-corrected chi connectivity index (χ4v) is 3.36. The molecule has 7 heteroatoms. The van der Waals surface area contributed by atoms with E-state index < -0.39 is 17.7 Å². The predicted molar refractivity (Wildman–Crippen MR) is 105 cm³/mol. The van der Waals surface area contributed by atoms with Gasteiger partial charge in [0, 0.05) is 22.8 Å². The van der Waals surface area contributed by atoms with E-state index in [9.17, 15) is 19.5 Å². The Morgan fingerprint density at radius 2 is 1.63 bits per heavy atom. The van der Waals surface area contributed by atoms with Crippen LogP contribution in [0.1, 0.15) is 25.5 Å². The maximum Gasteiger partial charge on any atom is 0.294 e. The number of benzene rings is 2. The number of nitrogens with zero attached hydrogens (tertiary/aromatic N) is 1. The van der Waals surface area contributed by atoms with E-state index in [0.717, 1.165) is 4.47 Å². The lowest BCUT2D eigenvalue weighted by Gasteiger charge is -2.27. The summed E-state index contributed by atoms with van der Waals surface area (Å²) in [5.41, 5.74) is 1.85. The minimum atomic E-state index is -0.727. The van der Waals surface area contributed by atoms with Gasteiger partial charge in [0.2, 0.25) is 5.91 Å². The molecule has 2 aromatic rings. The van der Waals surface area contributed by atoms with Crippen molar-refractivity contribution in [1.82, 2.24) is 0 Å². The summed E-state index contributed by atoms with van der Waals surface area (Å²) in [6.45, 7) is 2.73. The third kappa shape index (κ3) is 3.64. The second kappa shape index (κ2) is 7.36. The molecular formula is C20H17BrN2O4. The normalized spacial score (nSPS) is 16.6. The van der Waals surface area contributed by atoms with Gasteiger partial charge in [-0.15, -0.1) is 0 Å². The molecule has 2 aromatic carbocycles. The third-order valence-electron chi connectivity index (χ3n) is 4.24. The lowest BCUT2D eigenvalue weighted by Crippen LogP contribution is -2.30. The van der Waals surface area contributed by atoms with Crippen molar-refractivity contribution in [2.75, 3.05) is 10.2 Å². The Morgan fingerprint density at radius 3 is 2.15 bits per heavy atom. The molecule has 0 bridgehead atoms. The molecule has 3 rings (SSSR count). The highest BCUT2D eigenvalue weighted by atomic mass is 79.9. The molecule has 0 aliphatic carbocycles. The molecule has 27 heavy (non-hydrogen) atoms. The van der Waals surface area contributed by atoms with Crippen LogP contribution in [0.15, 0.2) is 64.3 Å². The standard InChI is InChI=1S/C20H17BrN2O4/c1-11(24)17-18(13-3-5-14(21)6-4-13)23(20(27)19(17)26)16-9-7-15(8-10-16)22-12(2)25/h3-10,18,26H,1-2H3,(H,22,25)/t18-/m0/s1. The monoisotopic (exact) mass is 428 g/mol. The summed E-state index contributed by atoms with van der Waals surface area (Å²) in [5.74, 6) is -1.75. The smallest absolute Gasteiger partial charge is 0.294 e. The Morgan fingerprint density at radius 1 is 1.04 bits per heavy atom. The molecule has 0 fully saturated rings. The number of nitrogens with one attached hydrogen (secondary N) is 1. The second-order valence-corrected chi connectivity index (χ2v) is 7.09. The highest BCUT2D eigenvalue weighted by Gasteiger charge is 2.43. The molecule has 1 atom stereocenters. The zero-order valence-corrected chi connectivity index (χ0v) is 16.3. The van der Waals surface area contributed by atoms with E-state index in [0.29, 0.717) is 16.9 Å². The Bertz CT molecular complexity index is 949. The van der Waals surface area contributed by atoms with Gasteiger partial charge in [-0.3, -0.25) is 19.3 Å². The molecule has 0 spiro atoms. The van der Waals surface area contributed by atoms with Crippen LogP contribution < -0.4 is 10.2 Å². The van der Waals surface area contributed by atoms with E-state index in [2.05, 4.69) is 21.2 Å². The quantitative estimate of drug-likeness (QED) is 0.772. The number of ketones is 1. The first-order chi connectivity index (χ1) is 12.8. The van der Waals surface area contributed by atoms with Gasteiger partial charge in [0.05, 0.1) is 11.6 Å². The first-order valence-corrected chi connectivity index (χ1v) is 8.99. The van der Waals surface area contributed by atoms with Gasteiger partial charge >= 0.3 is 0 Å². The van der Waals surface area contributed by atoms with E-state index in [4.69, 9.17) is 0 Å². The van der Waals surface area contributed by atoms with Gasteiger partial charge in [-0.1, -0.05) is 28.1 Å². The summed E-state index contributed by atoms with van der Waals surface area (Å²) in [7, 11) is 0. The number of aliphatic hydroxyl groups excluding tert-OH is 1. The van der Waals surface area contributed by atoms with Gasteiger partial charge in [0.1, 0.15) is 0 Å². The molecule has 0 unspecified atom stereocenters. The van der Waals surface area contributed by atoms with Crippen LogP contribution in [-0.2, 0) is 14.4 Å². The Balaban J connectivity index is 2.07. The fourth-order valence-electron chi connectivity index (χ4n) is 3.10. The summed E-state index contributed by atoms with van der Waals surface area (Å²) in [6, 6.07) is 13.1. The number of hydrogen-bond donors (Lipinski definition) is 2. The number of Topliss-reactive ketones (excluding diaryl/α,β-unsaturated/α-hetero) is 1. The number of amides is 2. The predicted octanol–water partition coefficient (Wildman–Crippen LogP) is 3.90. The zero-order chi connectivity index (χ0) is 19.7. The molecule has 2 N–H and O–H groups in total. The topological polar surface area (TPSA) is 86.7 Å². The molecule has 0 saturated heterocycles. The van der Waals surface area contributed by atoms with Gasteiger partial charge < -0.3 is 10.4 Å². The number of halogens is 1. The molecule has 0 radical (unpaired) electrons. The van der Waals surface area contributed by atoms with Crippen molar-refractivity contribution in [2.45, 2.75) is 19.9 Å². The van der Waals surface area contributed by atoms with E-state index in [1.165, 1.54) is 18.7 Å². The van der Waals surface area contributed by atoms with Crippen LogP contribution in [0, 0.1) is 0 Å². The number of anilines is 2. The number of carbonyl (C=O) groups is 3. The van der Waals surface area contributed by atoms with Gasteiger partial charge in [-0.2, -0.15) is 0 Å². The van der Waals surface area contributed by atoms with E-state index in [1.54, 1.807) is 36.4 Å². The van der Waals surface area contributed by atoms with Crippen molar-refractivity contribution in [3.63, 3.8) is 0 Å². The summed E-state index contributed by atoms with van der Waals surface area (Å²) < 4.78 is 0.861. The van der Waals surface area contributed by atoms with E-state index in [1.807, 2.05) is 12.1 Å². The van der Waals surface area contributed by atoms with Gasteiger partial charge in [0.25, 0.3) is 5.91 Å². The first kappa shape index (κ1) is 18.8. The molecule has 138 valence electrons. The minimum Gasteiger partial charge on any atom is -0.503 e. The number of carbonyl (C=O) groups excluding carboxylic acids is 3. The van der Waals surface area contributed by atoms with Crippen LogP contribution >= 0.6 is 15.9 Å². The number of rotatable bonds is 4. The largest absolute Gasteiger partial charge is 0.503 e. The highest BCUT2D eigenvalue weighted by Crippen LogP contribution is 2.41. The molecule has 6 nitrogen and oxygen atoms in total. The molecule has 0 aromatic heterocycles. The maximum atomic E-state index is 12.7. The van der Waals surface area contributed by atoms with Crippen LogP contribution in [0.2, 0.25) is 0 Å². The molecule has 1 heterocycles. The lowest BCUT2D eigenvalue weighted by atomic mass is 9.96. The Kier molecular flexibility index (Phi) is 5.14. The van der Waals surface area contributed by atoms with E-state index in [-0.39, 0.29) is 17.3 Å². The van der Waals surface area contributed by atoms with Crippen LogP contribution in [0.4, 0.5) is 11.4 Å². The van der Waals surface area contributed by atoms with Crippen molar-refractivity contribution in [3.8, 4) is 0 Å². The van der Waals surface area contributed by atoms with Gasteiger partial charge in [0.15, 0.2) is 11.5 Å². The Labute approximate surface area is 164 Å². The van der Waals surface area contributed by atoms with Crippen molar-refractivity contribution < 1.29 is 19.5 Å². The van der Waals surface area contributed by atoms with Crippen molar-refractivity contribution in [2.24, 2.45) is 0 Å². The second-order valence-electron chi connectivity index (χ2n) is 6.18. The molecular weight excluding hydrogens is 412 g/mol. The third-order valence-corrected chi connectivity index (χ3v) is 4.77. The van der Waals surface area contributed by atoms with Crippen LogP contribution in [0.25, 0.3) is 0 Å². The van der Waals surface area contributed by atoms with Gasteiger partial charge in [-0.25, -0.2) is 0 Å².